The molecule has 0 aliphatic carbocycles. The number of aromatic hydroxyl groups is 1. The van der Waals surface area contributed by atoms with Crippen LogP contribution in [0.3, 0.4) is 0 Å². The van der Waals surface area contributed by atoms with Crippen LogP contribution in [-0.2, 0) is 28.8 Å². The number of piperidine rings is 1. The van der Waals surface area contributed by atoms with Gasteiger partial charge in [-0.2, -0.15) is 9.78 Å². The van der Waals surface area contributed by atoms with E-state index >= 15 is 0 Å². The highest BCUT2D eigenvalue weighted by Gasteiger charge is 2.31. The van der Waals surface area contributed by atoms with Crippen molar-refractivity contribution in [3.63, 3.8) is 0 Å². The SMILES string of the molecule is O=C(C1CCOC1)N1CCC(Cc2nn(-c3nc4ccccc4[nH]3)c(O)c2CCc2ccc(F)cc2)CC1. The average molecular weight is 518 g/mol. The number of aryl methyl sites for hydroxylation is 1. The van der Waals surface area contributed by atoms with Crippen molar-refractivity contribution in [1.29, 1.82) is 0 Å². The van der Waals surface area contributed by atoms with Crippen LogP contribution in [0.1, 0.15) is 36.1 Å². The van der Waals surface area contributed by atoms with E-state index < -0.39 is 0 Å². The molecule has 0 spiro atoms. The van der Waals surface area contributed by atoms with Crippen LogP contribution in [0.5, 0.6) is 5.88 Å². The summed E-state index contributed by atoms with van der Waals surface area (Å²) in [6.07, 6.45) is 4.56. The molecule has 2 N–H and O–H groups in total. The number of carbonyl (C=O) groups is 1. The summed E-state index contributed by atoms with van der Waals surface area (Å²) in [5.74, 6) is 0.864. The Hall–Kier alpha value is -3.72. The number of nitrogens with one attached hydrogen (secondary N) is 1. The van der Waals surface area contributed by atoms with Gasteiger partial charge in [0.2, 0.25) is 17.7 Å². The summed E-state index contributed by atoms with van der Waals surface area (Å²) in [5, 5.41) is 16.1. The van der Waals surface area contributed by atoms with E-state index in [4.69, 9.17) is 9.84 Å². The fourth-order valence-corrected chi connectivity index (χ4v) is 5.63. The molecular formula is C29H32FN5O3. The maximum absolute atomic E-state index is 13.4. The zero-order valence-corrected chi connectivity index (χ0v) is 21.3. The topological polar surface area (TPSA) is 96.3 Å². The van der Waals surface area contributed by atoms with Crippen LogP contribution < -0.4 is 0 Å². The van der Waals surface area contributed by atoms with Crippen molar-refractivity contribution in [1.82, 2.24) is 24.6 Å². The number of fused-ring (bicyclic) bond motifs is 1. The first-order chi connectivity index (χ1) is 18.5. The molecule has 2 saturated heterocycles. The van der Waals surface area contributed by atoms with Crippen LogP contribution >= 0.6 is 0 Å². The smallest absolute Gasteiger partial charge is 0.232 e. The zero-order chi connectivity index (χ0) is 26.1. The molecule has 2 fully saturated rings. The molecule has 38 heavy (non-hydrogen) atoms. The molecular weight excluding hydrogens is 485 g/mol. The number of carbonyl (C=O) groups excluding carboxylic acids is 1. The summed E-state index contributed by atoms with van der Waals surface area (Å²) in [7, 11) is 0. The molecule has 0 radical (unpaired) electrons. The molecule has 0 saturated carbocycles. The number of hydrogen-bond donors (Lipinski definition) is 2. The molecule has 2 aromatic carbocycles. The first kappa shape index (κ1) is 24.6. The minimum Gasteiger partial charge on any atom is -0.493 e. The molecule has 9 heteroatoms. The number of amides is 1. The number of aromatic amines is 1. The van der Waals surface area contributed by atoms with E-state index in [9.17, 15) is 14.3 Å². The van der Waals surface area contributed by atoms with Gasteiger partial charge in [-0.15, -0.1) is 0 Å². The second-order valence-corrected chi connectivity index (χ2v) is 10.4. The minimum atomic E-state index is -0.264. The molecule has 4 heterocycles. The van der Waals surface area contributed by atoms with E-state index in [1.165, 1.54) is 16.8 Å². The van der Waals surface area contributed by atoms with E-state index in [1.807, 2.05) is 29.2 Å². The van der Waals surface area contributed by atoms with Crippen LogP contribution in [-0.4, -0.2) is 62.0 Å². The molecule has 0 bridgehead atoms. The fraction of sp³-hybridized carbons (Fsp3) is 0.414. The van der Waals surface area contributed by atoms with Crippen molar-refractivity contribution in [3.05, 3.63) is 71.2 Å². The van der Waals surface area contributed by atoms with Crippen molar-refractivity contribution < 1.29 is 19.0 Å². The molecule has 8 nitrogen and oxygen atoms in total. The lowest BCUT2D eigenvalue weighted by Gasteiger charge is -2.33. The predicted molar refractivity (Wildman–Crippen MR) is 141 cm³/mol. The molecule has 1 amide bonds. The minimum absolute atomic E-state index is 0.000990. The summed E-state index contributed by atoms with van der Waals surface area (Å²) in [4.78, 5) is 22.7. The summed E-state index contributed by atoms with van der Waals surface area (Å²) in [6, 6.07) is 14.2. The summed E-state index contributed by atoms with van der Waals surface area (Å²) in [5.41, 5.74) is 4.31. The lowest BCUT2D eigenvalue weighted by molar-refractivity contribution is -0.136. The Kier molecular flexibility index (Phi) is 6.84. The van der Waals surface area contributed by atoms with Gasteiger partial charge in [-0.05, 0) is 74.3 Å². The number of aromatic nitrogens is 4. The normalized spacial score (nSPS) is 18.4. The standard InChI is InChI=1S/C29H32FN5O3/c30-22-8-5-19(6-9-22)7-10-23-26(17-20-11-14-34(15-12-20)27(36)21-13-16-38-18-21)33-35(28(23)37)29-31-24-3-1-2-4-25(24)32-29/h1-6,8-9,20-21,37H,7,10-18H2,(H,31,32). The Morgan fingerprint density at radius 1 is 1.08 bits per heavy atom. The number of ether oxygens (including phenoxy) is 1. The van der Waals surface area contributed by atoms with Crippen molar-refractivity contribution >= 4 is 16.9 Å². The third kappa shape index (κ3) is 5.03. The Bertz CT molecular complexity index is 1380. The summed E-state index contributed by atoms with van der Waals surface area (Å²) in [6.45, 7) is 2.68. The number of rotatable bonds is 7. The van der Waals surface area contributed by atoms with Gasteiger partial charge in [0.05, 0.1) is 29.3 Å². The lowest BCUT2D eigenvalue weighted by Crippen LogP contribution is -2.42. The van der Waals surface area contributed by atoms with E-state index in [0.29, 0.717) is 44.3 Å². The molecule has 2 aromatic heterocycles. The van der Waals surface area contributed by atoms with Crippen LogP contribution in [0.2, 0.25) is 0 Å². The van der Waals surface area contributed by atoms with Crippen molar-refractivity contribution in [2.24, 2.45) is 11.8 Å². The van der Waals surface area contributed by atoms with Gasteiger partial charge in [0.25, 0.3) is 0 Å². The number of likely N-dealkylation sites (tertiary alicyclic amines) is 1. The monoisotopic (exact) mass is 517 g/mol. The van der Waals surface area contributed by atoms with Crippen molar-refractivity contribution in [2.75, 3.05) is 26.3 Å². The fourth-order valence-electron chi connectivity index (χ4n) is 5.63. The second-order valence-electron chi connectivity index (χ2n) is 10.4. The van der Waals surface area contributed by atoms with Crippen LogP contribution in [0.4, 0.5) is 4.39 Å². The number of halogens is 1. The van der Waals surface area contributed by atoms with Gasteiger partial charge in [-0.1, -0.05) is 24.3 Å². The van der Waals surface area contributed by atoms with E-state index in [0.717, 1.165) is 60.2 Å². The van der Waals surface area contributed by atoms with Gasteiger partial charge in [0, 0.05) is 25.3 Å². The van der Waals surface area contributed by atoms with Crippen molar-refractivity contribution in [3.8, 4) is 11.8 Å². The Balaban J connectivity index is 1.22. The Morgan fingerprint density at radius 3 is 2.61 bits per heavy atom. The highest BCUT2D eigenvalue weighted by atomic mass is 19.1. The van der Waals surface area contributed by atoms with E-state index in [2.05, 4.69) is 9.97 Å². The third-order valence-electron chi connectivity index (χ3n) is 7.88. The molecule has 1 atom stereocenters. The van der Waals surface area contributed by atoms with Gasteiger partial charge >= 0.3 is 0 Å². The molecule has 2 aliphatic rings. The third-order valence-corrected chi connectivity index (χ3v) is 7.88. The number of imidazole rings is 1. The van der Waals surface area contributed by atoms with Gasteiger partial charge in [-0.3, -0.25) is 4.79 Å². The highest BCUT2D eigenvalue weighted by Crippen LogP contribution is 2.31. The first-order valence-corrected chi connectivity index (χ1v) is 13.4. The highest BCUT2D eigenvalue weighted by molar-refractivity contribution is 5.79. The maximum atomic E-state index is 13.4. The van der Waals surface area contributed by atoms with Crippen LogP contribution in [0, 0.1) is 17.7 Å². The van der Waals surface area contributed by atoms with Gasteiger partial charge in [0.15, 0.2) is 0 Å². The number of para-hydroxylation sites is 2. The van der Waals surface area contributed by atoms with Crippen LogP contribution in [0.25, 0.3) is 17.0 Å². The molecule has 2 aliphatic heterocycles. The largest absolute Gasteiger partial charge is 0.493 e. The molecule has 6 rings (SSSR count). The predicted octanol–water partition coefficient (Wildman–Crippen LogP) is 4.20. The Morgan fingerprint density at radius 2 is 1.87 bits per heavy atom. The van der Waals surface area contributed by atoms with Gasteiger partial charge < -0.3 is 19.7 Å². The quantitative estimate of drug-likeness (QED) is 0.383. The van der Waals surface area contributed by atoms with Gasteiger partial charge in [-0.25, -0.2) is 9.37 Å². The van der Waals surface area contributed by atoms with Gasteiger partial charge in [0.1, 0.15) is 5.82 Å². The summed E-state index contributed by atoms with van der Waals surface area (Å²) >= 11 is 0. The maximum Gasteiger partial charge on any atom is 0.232 e. The van der Waals surface area contributed by atoms with Crippen LogP contribution in [0.15, 0.2) is 48.5 Å². The van der Waals surface area contributed by atoms with E-state index in [1.54, 1.807) is 12.1 Å². The zero-order valence-electron chi connectivity index (χ0n) is 21.3. The number of H-pyrrole nitrogens is 1. The number of hydrogen-bond acceptors (Lipinski definition) is 5. The molecule has 4 aromatic rings. The second kappa shape index (κ2) is 10.6. The Labute approximate surface area is 220 Å². The number of nitrogens with zero attached hydrogens (tertiary/aromatic N) is 4. The summed E-state index contributed by atoms with van der Waals surface area (Å²) < 4.78 is 20.3. The van der Waals surface area contributed by atoms with Crippen molar-refractivity contribution in [2.45, 2.75) is 38.5 Å². The average Bonchev–Trinajstić information content (AvgIpc) is 3.68. The first-order valence-electron chi connectivity index (χ1n) is 13.4. The number of benzene rings is 2. The molecule has 1 unspecified atom stereocenters. The lowest BCUT2D eigenvalue weighted by atomic mass is 9.89. The molecule has 198 valence electrons. The van der Waals surface area contributed by atoms with E-state index in [-0.39, 0.29) is 23.5 Å².